The number of hydrogen-bond acceptors (Lipinski definition) is 7. The maximum Gasteiger partial charge on any atom is 0.159 e. The normalized spacial score (nSPS) is 46.2. The van der Waals surface area contributed by atoms with Gasteiger partial charge in [-0.1, -0.05) is 19.4 Å². The van der Waals surface area contributed by atoms with E-state index in [0.717, 1.165) is 12.0 Å². The van der Waals surface area contributed by atoms with E-state index < -0.39 is 52.4 Å². The zero-order valence-electron chi connectivity index (χ0n) is 21.9. The molecule has 0 heterocycles. The first-order chi connectivity index (χ1) is 16.0. The molecule has 6 N–H and O–H groups in total. The van der Waals surface area contributed by atoms with Crippen molar-refractivity contribution in [3.8, 4) is 0 Å². The van der Waals surface area contributed by atoms with E-state index in [4.69, 9.17) is 0 Å². The molecule has 200 valence electrons. The highest BCUT2D eigenvalue weighted by Crippen LogP contribution is 2.67. The van der Waals surface area contributed by atoms with Crippen LogP contribution in [0, 0.1) is 34.5 Å². The molecule has 3 saturated carbocycles. The van der Waals surface area contributed by atoms with E-state index >= 15 is 0 Å². The lowest BCUT2D eigenvalue weighted by Gasteiger charge is -2.59. The quantitative estimate of drug-likeness (QED) is 0.332. The van der Waals surface area contributed by atoms with Crippen LogP contribution in [-0.4, -0.2) is 72.0 Å². The number of carbonyl (C=O) groups excluding carboxylic acids is 1. The third-order valence-corrected chi connectivity index (χ3v) is 10.5. The molecule has 0 saturated heterocycles. The second-order valence-corrected chi connectivity index (χ2v) is 13.6. The summed E-state index contributed by atoms with van der Waals surface area (Å²) >= 11 is 0. The maximum atomic E-state index is 13.3. The summed E-state index contributed by atoms with van der Waals surface area (Å²) in [5.41, 5.74) is -2.38. The van der Waals surface area contributed by atoms with Crippen LogP contribution in [0.5, 0.6) is 0 Å². The number of aliphatic hydroxyl groups is 6. The van der Waals surface area contributed by atoms with Crippen molar-refractivity contribution < 1.29 is 35.4 Å². The number of rotatable bonds is 6. The Balaban J connectivity index is 1.61. The van der Waals surface area contributed by atoms with Crippen molar-refractivity contribution in [2.75, 3.05) is 0 Å². The summed E-state index contributed by atoms with van der Waals surface area (Å²) in [6.07, 6.45) is 2.02. The molecular weight excluding hydrogens is 448 g/mol. The minimum atomic E-state index is -1.37. The van der Waals surface area contributed by atoms with Gasteiger partial charge in [-0.2, -0.15) is 0 Å². The Bertz CT molecular complexity index is 860. The summed E-state index contributed by atoms with van der Waals surface area (Å²) in [5.74, 6) is -0.991. The summed E-state index contributed by atoms with van der Waals surface area (Å²) in [7, 11) is 0. The standard InChI is InChI=1S/C28H46O7/c1-25(2,34)10-6-7-23(33)28(5,35)22-9-8-16-15-11-18(29)17-12-19(30)20(31)13-27(17,4)24(15)21(32)14-26(16,22)3/h11,16-17,19-24,30-35H,6-10,12-14H2,1-5H3/t16-,17-,19+,20-,21+,22-,23+,24-,26-,27-,28+/m0/s1. The molecule has 0 aromatic rings. The van der Waals surface area contributed by atoms with E-state index in [0.29, 0.717) is 32.1 Å². The molecule has 7 nitrogen and oxygen atoms in total. The SMILES string of the molecule is CC(C)(O)CCC[C@@H](O)[C@](C)(O)[C@H]1CC[C@H]2C3=CC(=O)[C@@H]4C[C@@H](O)[C@@H](O)C[C@]4(C)[C@@H]3[C@H](O)C[C@]12C. The Morgan fingerprint density at radius 3 is 2.23 bits per heavy atom. The van der Waals surface area contributed by atoms with Crippen molar-refractivity contribution in [2.45, 2.75) is 122 Å². The monoisotopic (exact) mass is 494 g/mol. The molecule has 0 radical (unpaired) electrons. The number of carbonyl (C=O) groups is 1. The van der Waals surface area contributed by atoms with Crippen molar-refractivity contribution in [1.29, 1.82) is 0 Å². The number of fused-ring (bicyclic) bond motifs is 5. The van der Waals surface area contributed by atoms with Crippen LogP contribution in [0.1, 0.15) is 86.0 Å². The molecule has 35 heavy (non-hydrogen) atoms. The fourth-order valence-corrected chi connectivity index (χ4v) is 8.74. The van der Waals surface area contributed by atoms with Crippen LogP contribution in [0.25, 0.3) is 0 Å². The van der Waals surface area contributed by atoms with Crippen molar-refractivity contribution in [2.24, 2.45) is 34.5 Å². The maximum absolute atomic E-state index is 13.3. The third kappa shape index (κ3) is 4.44. The van der Waals surface area contributed by atoms with E-state index in [2.05, 4.69) is 6.92 Å². The molecule has 0 amide bonds. The van der Waals surface area contributed by atoms with Gasteiger partial charge < -0.3 is 30.6 Å². The third-order valence-electron chi connectivity index (χ3n) is 10.5. The predicted octanol–water partition coefficient (Wildman–Crippen LogP) is 2.10. The molecule has 4 aliphatic carbocycles. The van der Waals surface area contributed by atoms with Gasteiger partial charge in [0.2, 0.25) is 0 Å². The van der Waals surface area contributed by atoms with Gasteiger partial charge in [-0.05, 0) is 101 Å². The molecule has 0 spiro atoms. The highest BCUT2D eigenvalue weighted by Gasteiger charge is 2.65. The smallest absolute Gasteiger partial charge is 0.159 e. The molecular formula is C28H46O7. The van der Waals surface area contributed by atoms with Crippen LogP contribution in [0.2, 0.25) is 0 Å². The van der Waals surface area contributed by atoms with Gasteiger partial charge >= 0.3 is 0 Å². The fraction of sp³-hybridized carbons (Fsp3) is 0.893. The largest absolute Gasteiger partial charge is 0.392 e. The average molecular weight is 495 g/mol. The number of hydrogen-bond donors (Lipinski definition) is 6. The second kappa shape index (κ2) is 8.88. The van der Waals surface area contributed by atoms with Crippen molar-refractivity contribution >= 4 is 5.78 Å². The Morgan fingerprint density at radius 1 is 0.971 bits per heavy atom. The highest BCUT2D eigenvalue weighted by atomic mass is 16.3. The first-order valence-corrected chi connectivity index (χ1v) is 13.4. The van der Waals surface area contributed by atoms with Crippen LogP contribution in [0.4, 0.5) is 0 Å². The van der Waals surface area contributed by atoms with E-state index in [1.54, 1.807) is 26.8 Å². The van der Waals surface area contributed by atoms with Gasteiger partial charge in [0.05, 0.1) is 35.6 Å². The molecule has 0 aromatic carbocycles. The molecule has 7 heteroatoms. The molecule has 0 aromatic heterocycles. The topological polar surface area (TPSA) is 138 Å². The van der Waals surface area contributed by atoms with Crippen LogP contribution >= 0.6 is 0 Å². The van der Waals surface area contributed by atoms with E-state index in [1.165, 1.54) is 0 Å². The summed E-state index contributed by atoms with van der Waals surface area (Å²) in [4.78, 5) is 13.3. The van der Waals surface area contributed by atoms with E-state index in [1.807, 2.05) is 6.92 Å². The summed E-state index contributed by atoms with van der Waals surface area (Å²) in [6, 6.07) is 0. The fourth-order valence-electron chi connectivity index (χ4n) is 8.74. The number of ketones is 1. The van der Waals surface area contributed by atoms with Gasteiger partial charge in [-0.3, -0.25) is 4.79 Å². The van der Waals surface area contributed by atoms with Crippen LogP contribution in [0.15, 0.2) is 11.6 Å². The van der Waals surface area contributed by atoms with Gasteiger partial charge in [-0.15, -0.1) is 0 Å². The van der Waals surface area contributed by atoms with Gasteiger partial charge in [0.1, 0.15) is 0 Å². The molecule has 0 unspecified atom stereocenters. The summed E-state index contributed by atoms with van der Waals surface area (Å²) in [6.45, 7) is 9.21. The van der Waals surface area contributed by atoms with Crippen molar-refractivity contribution in [1.82, 2.24) is 0 Å². The lowest BCUT2D eigenvalue weighted by molar-refractivity contribution is -0.167. The van der Waals surface area contributed by atoms with Gasteiger partial charge in [0, 0.05) is 11.8 Å². The minimum absolute atomic E-state index is 0.00154. The molecule has 3 fully saturated rings. The molecule has 11 atom stereocenters. The highest BCUT2D eigenvalue weighted by molar-refractivity contribution is 5.94. The second-order valence-electron chi connectivity index (χ2n) is 13.6. The average Bonchev–Trinajstić information content (AvgIpc) is 3.06. The van der Waals surface area contributed by atoms with Crippen molar-refractivity contribution in [3.05, 3.63) is 11.6 Å². The Kier molecular flexibility index (Phi) is 6.91. The Hall–Kier alpha value is -0.830. The number of aliphatic hydroxyl groups excluding tert-OH is 4. The van der Waals surface area contributed by atoms with Crippen LogP contribution < -0.4 is 0 Å². The molecule has 0 aliphatic heterocycles. The zero-order valence-corrected chi connectivity index (χ0v) is 21.9. The van der Waals surface area contributed by atoms with Crippen molar-refractivity contribution in [3.63, 3.8) is 0 Å². The van der Waals surface area contributed by atoms with E-state index in [9.17, 15) is 35.4 Å². The van der Waals surface area contributed by atoms with Crippen LogP contribution in [-0.2, 0) is 4.79 Å². The first-order valence-electron chi connectivity index (χ1n) is 13.4. The lowest BCUT2D eigenvalue weighted by Crippen LogP contribution is -2.61. The van der Waals surface area contributed by atoms with Gasteiger partial charge in [-0.25, -0.2) is 0 Å². The molecule has 4 rings (SSSR count). The molecule has 4 aliphatic rings. The predicted molar refractivity (Wildman–Crippen MR) is 131 cm³/mol. The van der Waals surface area contributed by atoms with Gasteiger partial charge in [0.15, 0.2) is 5.78 Å². The van der Waals surface area contributed by atoms with E-state index in [-0.39, 0.29) is 36.4 Å². The van der Waals surface area contributed by atoms with Gasteiger partial charge in [0.25, 0.3) is 0 Å². The first kappa shape index (κ1) is 27.2. The van der Waals surface area contributed by atoms with Crippen LogP contribution in [0.3, 0.4) is 0 Å². The zero-order chi connectivity index (χ0) is 26.1. The Labute approximate surface area is 209 Å². The summed E-state index contributed by atoms with van der Waals surface area (Å²) < 4.78 is 0. The Morgan fingerprint density at radius 2 is 1.60 bits per heavy atom. The number of allylic oxidation sites excluding steroid dienone is 1. The minimum Gasteiger partial charge on any atom is -0.392 e. The summed E-state index contributed by atoms with van der Waals surface area (Å²) in [5, 5.41) is 64.9. The lowest BCUT2D eigenvalue weighted by atomic mass is 9.46. The molecule has 0 bridgehead atoms.